The molecule has 2 unspecified atom stereocenters. The molecule has 3 aromatic rings. The molecule has 8 aliphatic rings. The van der Waals surface area contributed by atoms with Crippen molar-refractivity contribution < 1.29 is 48.5 Å². The van der Waals surface area contributed by atoms with Crippen LogP contribution >= 0.6 is 11.8 Å². The molecule has 2 saturated heterocycles. The minimum atomic E-state index is -1.51. The Balaban J connectivity index is 1.31. The van der Waals surface area contributed by atoms with Gasteiger partial charge in [-0.05, 0) is 67.1 Å². The summed E-state index contributed by atoms with van der Waals surface area (Å²) >= 11 is 1.54. The molecule has 4 bridgehead atoms. The zero-order valence-electron chi connectivity index (χ0n) is 29.7. The molecule has 8 heterocycles. The number of fused-ring (bicyclic) bond motifs is 6. The molecule has 11 rings (SSSR count). The summed E-state index contributed by atoms with van der Waals surface area (Å²) in [6.07, 6.45) is 0.778. The molecule has 14 heteroatoms. The number of benzene rings is 3. The van der Waals surface area contributed by atoms with Gasteiger partial charge in [-0.3, -0.25) is 10.2 Å². The molecule has 13 nitrogen and oxygen atoms in total. The summed E-state index contributed by atoms with van der Waals surface area (Å²) in [7, 11) is 3.02. The molecule has 52 heavy (non-hydrogen) atoms. The van der Waals surface area contributed by atoms with Crippen LogP contribution in [0.2, 0.25) is 0 Å². The van der Waals surface area contributed by atoms with Crippen molar-refractivity contribution in [2.24, 2.45) is 0 Å². The van der Waals surface area contributed by atoms with Gasteiger partial charge in [-0.25, -0.2) is 4.79 Å². The maximum atomic E-state index is 14.7. The highest BCUT2D eigenvalue weighted by molar-refractivity contribution is 7.99. The Morgan fingerprint density at radius 2 is 1.85 bits per heavy atom. The summed E-state index contributed by atoms with van der Waals surface area (Å²) in [5, 5.41) is 43.7. The Kier molecular flexibility index (Phi) is 7.76. The van der Waals surface area contributed by atoms with Crippen LogP contribution in [0.25, 0.3) is 5.32 Å². The predicted molar refractivity (Wildman–Crippen MR) is 190 cm³/mol. The molecule has 0 radical (unpaired) electrons. The van der Waals surface area contributed by atoms with Gasteiger partial charge in [0, 0.05) is 46.7 Å². The fourth-order valence-electron chi connectivity index (χ4n) is 9.64. The molecule has 4 N–H and O–H groups in total. The molecular weight excluding hydrogens is 690 g/mol. The smallest absolute Gasteiger partial charge is 0.331 e. The summed E-state index contributed by atoms with van der Waals surface area (Å²) in [5.74, 6) is 2.18. The van der Waals surface area contributed by atoms with Crippen LogP contribution in [-0.4, -0.2) is 91.0 Å². The SMILES string of the molecule is CCOc1c(C)c2c(c3c1[C@H]1SC[C@]4(NCCc5cc(O)c(OC)cc54)C(=O)OC[C@@H]3N3C1[C@@H]1[N-]C[C@@]3(O)Cc3cc(C)c(OC)c(O)c31)OCO2. The van der Waals surface area contributed by atoms with E-state index in [1.165, 1.54) is 14.2 Å². The van der Waals surface area contributed by atoms with Gasteiger partial charge >= 0.3 is 5.97 Å². The number of phenols is 2. The monoisotopic (exact) mass is 732 g/mol. The first-order chi connectivity index (χ1) is 25.1. The second-order valence-corrected chi connectivity index (χ2v) is 15.5. The number of thioether (sulfide) groups is 1. The van der Waals surface area contributed by atoms with E-state index in [9.17, 15) is 20.1 Å². The molecule has 276 valence electrons. The highest BCUT2D eigenvalue weighted by Crippen LogP contribution is 2.66. The molecule has 0 aliphatic carbocycles. The molecule has 0 saturated carbocycles. The number of rotatable bonds is 4. The number of nitrogens with one attached hydrogen (secondary N) is 1. The summed E-state index contributed by atoms with van der Waals surface area (Å²) in [6, 6.07) is 3.55. The van der Waals surface area contributed by atoms with Crippen LogP contribution in [0.1, 0.15) is 68.8 Å². The normalized spacial score (nSPS) is 30.8. The number of carbonyl (C=O) groups is 1. The molecule has 0 amide bonds. The molecule has 0 aromatic heterocycles. The van der Waals surface area contributed by atoms with E-state index in [1.807, 2.05) is 26.8 Å². The highest BCUT2D eigenvalue weighted by Gasteiger charge is 2.59. The number of nitrogens with zero attached hydrogens (tertiary/aromatic N) is 2. The summed E-state index contributed by atoms with van der Waals surface area (Å²) < 4.78 is 36.4. The first kappa shape index (κ1) is 33.7. The van der Waals surface area contributed by atoms with Crippen LogP contribution in [0.3, 0.4) is 0 Å². The number of carbonyl (C=O) groups excluding carboxylic acids is 1. The van der Waals surface area contributed by atoms with Crippen molar-refractivity contribution in [1.82, 2.24) is 10.2 Å². The minimum Gasteiger partial charge on any atom is -0.651 e. The Hall–Kier alpha value is -4.08. The van der Waals surface area contributed by atoms with Gasteiger partial charge in [0.1, 0.15) is 18.1 Å². The number of phenolic OH excluding ortho intramolecular Hbond substituents is 2. The number of esters is 1. The van der Waals surface area contributed by atoms with Gasteiger partial charge in [-0.2, -0.15) is 0 Å². The van der Waals surface area contributed by atoms with Gasteiger partial charge in [0.25, 0.3) is 0 Å². The average Bonchev–Trinajstić information content (AvgIpc) is 3.53. The van der Waals surface area contributed by atoms with Crippen LogP contribution in [-0.2, 0) is 27.9 Å². The maximum Gasteiger partial charge on any atom is 0.331 e. The number of methoxy groups -OCH3 is 2. The topological polar surface area (TPSA) is 163 Å². The van der Waals surface area contributed by atoms with Crippen molar-refractivity contribution in [2.75, 3.05) is 53.1 Å². The second kappa shape index (κ2) is 12.0. The predicted octanol–water partition coefficient (Wildman–Crippen LogP) is 4.33. The quantitative estimate of drug-likeness (QED) is 0.281. The van der Waals surface area contributed by atoms with Gasteiger partial charge < -0.3 is 49.1 Å². The van der Waals surface area contributed by atoms with E-state index in [4.69, 9.17) is 33.7 Å². The standard InChI is InChI=1S/C38H42N3O10S/c1-6-48-32-18(3)33-34(51-16-50-33)26-22-13-49-36(44)38(21-11-24(46-4)23(42)10-19(21)7-8-40-38)15-52-35(27(26)32)29-28-25-20(9-17(2)31(47-5)30(25)43)12-37(45,14-39-28)41(22)29/h9-11,22,28-29,35,40,42-43,45H,6-8,12-16H2,1-5H3/q-1/t22-,28+,29?,35+,37-,38+/m0/s1. The Labute approximate surface area is 305 Å². The fraction of sp³-hybridized carbons (Fsp3) is 0.500. The Morgan fingerprint density at radius 3 is 2.62 bits per heavy atom. The molecule has 7 atom stereocenters. The lowest BCUT2D eigenvalue weighted by Crippen LogP contribution is -2.66. The van der Waals surface area contributed by atoms with Gasteiger partial charge in [-0.15, -0.1) is 18.3 Å². The third-order valence-electron chi connectivity index (χ3n) is 11.7. The van der Waals surface area contributed by atoms with Crippen LogP contribution in [0.4, 0.5) is 0 Å². The van der Waals surface area contributed by atoms with E-state index in [2.05, 4.69) is 10.2 Å². The van der Waals surface area contributed by atoms with Crippen molar-refractivity contribution >= 4 is 17.7 Å². The lowest BCUT2D eigenvalue weighted by Gasteiger charge is -2.63. The number of aryl methyl sites for hydroxylation is 1. The molecular formula is C38H42N3O10S-. The third kappa shape index (κ3) is 4.47. The van der Waals surface area contributed by atoms with Crippen molar-refractivity contribution in [1.29, 1.82) is 0 Å². The van der Waals surface area contributed by atoms with Gasteiger partial charge in [0.05, 0.1) is 26.9 Å². The molecule has 2 fully saturated rings. The lowest BCUT2D eigenvalue weighted by molar-refractivity contribution is -0.178. The van der Waals surface area contributed by atoms with E-state index in [-0.39, 0.29) is 49.4 Å². The number of aromatic hydroxyl groups is 2. The van der Waals surface area contributed by atoms with E-state index >= 15 is 0 Å². The number of ether oxygens (including phenoxy) is 6. The largest absolute Gasteiger partial charge is 0.651 e. The van der Waals surface area contributed by atoms with Crippen LogP contribution in [0.15, 0.2) is 18.2 Å². The first-order valence-electron chi connectivity index (χ1n) is 17.7. The van der Waals surface area contributed by atoms with Gasteiger partial charge in [0.2, 0.25) is 6.79 Å². The minimum absolute atomic E-state index is 0.00388. The number of aliphatic hydroxyl groups is 1. The summed E-state index contributed by atoms with van der Waals surface area (Å²) in [5.41, 5.74) is 3.30. The first-order valence-corrected chi connectivity index (χ1v) is 18.7. The van der Waals surface area contributed by atoms with Crippen molar-refractivity contribution in [3.63, 3.8) is 0 Å². The van der Waals surface area contributed by atoms with Crippen molar-refractivity contribution in [3.05, 3.63) is 68.0 Å². The van der Waals surface area contributed by atoms with E-state index in [0.717, 1.165) is 33.4 Å². The maximum absolute atomic E-state index is 14.7. The number of hydrogen-bond acceptors (Lipinski definition) is 13. The van der Waals surface area contributed by atoms with E-state index in [0.29, 0.717) is 53.7 Å². The number of hydrogen-bond donors (Lipinski definition) is 4. The van der Waals surface area contributed by atoms with Crippen LogP contribution in [0.5, 0.6) is 40.2 Å². The zero-order chi connectivity index (χ0) is 36.3. The zero-order valence-corrected chi connectivity index (χ0v) is 30.5. The van der Waals surface area contributed by atoms with E-state index < -0.39 is 40.6 Å². The van der Waals surface area contributed by atoms with Gasteiger partial charge in [0.15, 0.2) is 40.0 Å². The second-order valence-electron chi connectivity index (χ2n) is 14.4. The fourth-order valence-corrected chi connectivity index (χ4v) is 11.3. The average molecular weight is 733 g/mol. The number of piperazine rings is 1. The molecule has 8 aliphatic heterocycles. The summed E-state index contributed by atoms with van der Waals surface area (Å²) in [6.45, 7) is 6.60. The lowest BCUT2D eigenvalue weighted by atomic mass is 9.78. The van der Waals surface area contributed by atoms with Crippen molar-refractivity contribution in [2.45, 2.75) is 68.3 Å². The van der Waals surface area contributed by atoms with Crippen LogP contribution in [0, 0.1) is 13.8 Å². The van der Waals surface area contributed by atoms with E-state index in [1.54, 1.807) is 23.9 Å². The molecule has 1 spiro atoms. The Bertz CT molecular complexity index is 2030. The Morgan fingerprint density at radius 1 is 1.04 bits per heavy atom. The van der Waals surface area contributed by atoms with Crippen LogP contribution < -0.4 is 29.0 Å². The van der Waals surface area contributed by atoms with Crippen molar-refractivity contribution in [3.8, 4) is 40.2 Å². The third-order valence-corrected chi connectivity index (χ3v) is 13.2. The summed E-state index contributed by atoms with van der Waals surface area (Å²) in [4.78, 5) is 16.7. The molecule has 3 aromatic carbocycles. The van der Waals surface area contributed by atoms with Gasteiger partial charge in [-0.1, -0.05) is 12.1 Å². The highest BCUT2D eigenvalue weighted by atomic mass is 32.2.